The first-order valence-electron chi connectivity index (χ1n) is 4.09. The Morgan fingerprint density at radius 1 is 1.46 bits per heavy atom. The lowest BCUT2D eigenvalue weighted by Crippen LogP contribution is -2.08. The van der Waals surface area contributed by atoms with Crippen molar-refractivity contribution in [2.45, 2.75) is 26.7 Å². The molecule has 0 amide bonds. The van der Waals surface area contributed by atoms with E-state index < -0.39 is 11.7 Å². The molecule has 13 heavy (non-hydrogen) atoms. The first kappa shape index (κ1) is 11.6. The predicted octanol–water partition coefficient (Wildman–Crippen LogP) is 1.89. The SMILES string of the molecule is CCC/C(O)=C(\N=O)C(=O)OCC. The number of nitroso groups, excluding NO2 is 1. The van der Waals surface area contributed by atoms with Gasteiger partial charge in [-0.05, 0) is 18.5 Å². The standard InChI is InChI=1S/C8H13NO4/c1-3-5-6(10)7(9-12)8(11)13-4-2/h10H,3-5H2,1-2H3/b7-6+. The highest BCUT2D eigenvalue weighted by atomic mass is 16.5. The summed E-state index contributed by atoms with van der Waals surface area (Å²) in [7, 11) is 0. The number of aliphatic hydroxyl groups is 1. The third kappa shape index (κ3) is 3.68. The Balaban J connectivity index is 4.55. The molecule has 0 aliphatic rings. The molecule has 0 fully saturated rings. The molecule has 0 saturated carbocycles. The van der Waals surface area contributed by atoms with Crippen LogP contribution in [0.25, 0.3) is 0 Å². The average molecular weight is 187 g/mol. The van der Waals surface area contributed by atoms with E-state index >= 15 is 0 Å². The Labute approximate surface area is 76.4 Å². The second kappa shape index (κ2) is 6.16. The van der Waals surface area contributed by atoms with E-state index in [0.717, 1.165) is 0 Å². The Morgan fingerprint density at radius 3 is 2.46 bits per heavy atom. The lowest BCUT2D eigenvalue weighted by atomic mass is 10.2. The number of carbonyl (C=O) groups is 1. The van der Waals surface area contributed by atoms with Crippen LogP contribution >= 0.6 is 0 Å². The van der Waals surface area contributed by atoms with Crippen LogP contribution < -0.4 is 0 Å². The largest absolute Gasteiger partial charge is 0.510 e. The maximum absolute atomic E-state index is 11.0. The van der Waals surface area contributed by atoms with Crippen LogP contribution in [0.15, 0.2) is 16.6 Å². The van der Waals surface area contributed by atoms with Gasteiger partial charge in [-0.15, -0.1) is 4.91 Å². The molecule has 0 aliphatic heterocycles. The molecule has 0 bridgehead atoms. The van der Waals surface area contributed by atoms with Gasteiger partial charge in [0, 0.05) is 6.42 Å². The van der Waals surface area contributed by atoms with Gasteiger partial charge in [0.25, 0.3) is 0 Å². The highest BCUT2D eigenvalue weighted by Gasteiger charge is 2.16. The topological polar surface area (TPSA) is 76.0 Å². The molecule has 0 radical (unpaired) electrons. The summed E-state index contributed by atoms with van der Waals surface area (Å²) in [5, 5.41) is 11.6. The Hall–Kier alpha value is -1.39. The molecule has 0 aromatic carbocycles. The van der Waals surface area contributed by atoms with Crippen LogP contribution in [0.3, 0.4) is 0 Å². The number of carbonyl (C=O) groups excluding carboxylic acids is 1. The molecule has 0 saturated heterocycles. The Bertz CT molecular complexity index is 222. The minimum Gasteiger partial charge on any atom is -0.510 e. The zero-order valence-electron chi connectivity index (χ0n) is 7.74. The highest BCUT2D eigenvalue weighted by molar-refractivity contribution is 5.88. The first-order valence-corrected chi connectivity index (χ1v) is 4.09. The summed E-state index contributed by atoms with van der Waals surface area (Å²) in [4.78, 5) is 21.1. The van der Waals surface area contributed by atoms with E-state index in [1.54, 1.807) is 6.92 Å². The van der Waals surface area contributed by atoms with Gasteiger partial charge in [0.2, 0.25) is 5.70 Å². The lowest BCUT2D eigenvalue weighted by Gasteiger charge is -2.01. The number of allylic oxidation sites excluding steroid dienone is 1. The van der Waals surface area contributed by atoms with Crippen molar-refractivity contribution in [2.24, 2.45) is 5.18 Å². The molecule has 0 unspecified atom stereocenters. The van der Waals surface area contributed by atoms with E-state index in [9.17, 15) is 14.8 Å². The lowest BCUT2D eigenvalue weighted by molar-refractivity contribution is -0.138. The molecule has 0 atom stereocenters. The predicted molar refractivity (Wildman–Crippen MR) is 47.0 cm³/mol. The van der Waals surface area contributed by atoms with E-state index in [0.29, 0.717) is 6.42 Å². The summed E-state index contributed by atoms with van der Waals surface area (Å²) >= 11 is 0. The molecule has 0 rings (SSSR count). The van der Waals surface area contributed by atoms with Crippen molar-refractivity contribution in [3.63, 3.8) is 0 Å². The van der Waals surface area contributed by atoms with Crippen LogP contribution in [0.5, 0.6) is 0 Å². The molecule has 0 aromatic rings. The fraction of sp³-hybridized carbons (Fsp3) is 0.625. The number of hydrogen-bond donors (Lipinski definition) is 1. The summed E-state index contributed by atoms with van der Waals surface area (Å²) < 4.78 is 4.51. The minimum atomic E-state index is -0.872. The second-order valence-corrected chi connectivity index (χ2v) is 2.36. The van der Waals surface area contributed by atoms with Gasteiger partial charge < -0.3 is 9.84 Å². The molecule has 0 spiro atoms. The zero-order valence-corrected chi connectivity index (χ0v) is 7.74. The maximum Gasteiger partial charge on any atom is 0.364 e. The molecule has 74 valence electrons. The van der Waals surface area contributed by atoms with Crippen LogP contribution in [0, 0.1) is 4.91 Å². The summed E-state index contributed by atoms with van der Waals surface area (Å²) in [6.07, 6.45) is 0.879. The molecule has 1 N–H and O–H groups in total. The van der Waals surface area contributed by atoms with Crippen molar-refractivity contribution in [3.8, 4) is 0 Å². The molecule has 0 aromatic heterocycles. The van der Waals surface area contributed by atoms with E-state index in [-0.39, 0.29) is 18.8 Å². The van der Waals surface area contributed by atoms with Crippen LogP contribution in [-0.2, 0) is 9.53 Å². The summed E-state index contributed by atoms with van der Waals surface area (Å²) in [5.41, 5.74) is -0.524. The zero-order chi connectivity index (χ0) is 10.3. The van der Waals surface area contributed by atoms with Gasteiger partial charge in [0.05, 0.1) is 6.61 Å². The van der Waals surface area contributed by atoms with Crippen LogP contribution in [0.4, 0.5) is 0 Å². The number of aliphatic hydroxyl groups excluding tert-OH is 1. The molecule has 0 aliphatic carbocycles. The molecular weight excluding hydrogens is 174 g/mol. The second-order valence-electron chi connectivity index (χ2n) is 2.36. The normalized spacial score (nSPS) is 11.8. The van der Waals surface area contributed by atoms with E-state index in [1.807, 2.05) is 6.92 Å². The van der Waals surface area contributed by atoms with Crippen molar-refractivity contribution < 1.29 is 14.6 Å². The Kier molecular flexibility index (Phi) is 5.50. The van der Waals surface area contributed by atoms with Gasteiger partial charge in [-0.1, -0.05) is 6.92 Å². The first-order chi connectivity index (χ1) is 6.17. The number of hydrogen-bond acceptors (Lipinski definition) is 5. The number of esters is 1. The fourth-order valence-electron chi connectivity index (χ4n) is 0.762. The smallest absolute Gasteiger partial charge is 0.364 e. The number of ether oxygens (including phenoxy) is 1. The third-order valence-corrected chi connectivity index (χ3v) is 1.32. The number of nitrogens with zero attached hydrogens (tertiary/aromatic N) is 1. The summed E-state index contributed by atoms with van der Waals surface area (Å²) in [5.74, 6) is -1.18. The Morgan fingerprint density at radius 2 is 2.08 bits per heavy atom. The molecular formula is C8H13NO4. The van der Waals surface area contributed by atoms with Gasteiger partial charge >= 0.3 is 5.97 Å². The van der Waals surface area contributed by atoms with Crippen LogP contribution in [-0.4, -0.2) is 17.7 Å². The van der Waals surface area contributed by atoms with Crippen molar-refractivity contribution in [1.29, 1.82) is 0 Å². The molecule has 5 heteroatoms. The van der Waals surface area contributed by atoms with E-state index in [4.69, 9.17) is 0 Å². The van der Waals surface area contributed by atoms with Gasteiger partial charge in [-0.2, -0.15) is 0 Å². The fourth-order valence-corrected chi connectivity index (χ4v) is 0.762. The highest BCUT2D eigenvalue weighted by Crippen LogP contribution is 2.10. The quantitative estimate of drug-likeness (QED) is 0.308. The van der Waals surface area contributed by atoms with Gasteiger partial charge in [0.15, 0.2) is 0 Å². The molecule has 0 heterocycles. The molecule has 5 nitrogen and oxygen atoms in total. The minimum absolute atomic E-state index is 0.150. The summed E-state index contributed by atoms with van der Waals surface area (Å²) in [6.45, 7) is 3.57. The number of rotatable bonds is 5. The van der Waals surface area contributed by atoms with Gasteiger partial charge in [-0.3, -0.25) is 0 Å². The van der Waals surface area contributed by atoms with E-state index in [2.05, 4.69) is 9.91 Å². The van der Waals surface area contributed by atoms with Gasteiger partial charge in [-0.25, -0.2) is 4.79 Å². The van der Waals surface area contributed by atoms with Crippen LogP contribution in [0.2, 0.25) is 0 Å². The monoisotopic (exact) mass is 187 g/mol. The van der Waals surface area contributed by atoms with Crippen molar-refractivity contribution in [3.05, 3.63) is 16.4 Å². The maximum atomic E-state index is 11.0. The van der Waals surface area contributed by atoms with Crippen molar-refractivity contribution >= 4 is 5.97 Å². The van der Waals surface area contributed by atoms with Crippen molar-refractivity contribution in [1.82, 2.24) is 0 Å². The third-order valence-electron chi connectivity index (χ3n) is 1.32. The average Bonchev–Trinajstić information content (AvgIpc) is 2.06. The van der Waals surface area contributed by atoms with Gasteiger partial charge in [0.1, 0.15) is 5.76 Å². The summed E-state index contributed by atoms with van der Waals surface area (Å²) in [6, 6.07) is 0. The van der Waals surface area contributed by atoms with Crippen LogP contribution in [0.1, 0.15) is 26.7 Å². The van der Waals surface area contributed by atoms with Crippen molar-refractivity contribution in [2.75, 3.05) is 6.61 Å². The van der Waals surface area contributed by atoms with E-state index in [1.165, 1.54) is 0 Å².